The van der Waals surface area contributed by atoms with Gasteiger partial charge in [0.15, 0.2) is 0 Å². The highest BCUT2D eigenvalue weighted by Gasteiger charge is 2.33. The lowest BCUT2D eigenvalue weighted by molar-refractivity contribution is -0.138. The smallest absolute Gasteiger partial charge is 0.416 e. The second-order valence-electron chi connectivity index (χ2n) is 22.8. The number of anilines is 3. The predicted octanol–water partition coefficient (Wildman–Crippen LogP) is 18.4. The number of rotatable bonds is 13. The lowest BCUT2D eigenvalue weighted by Crippen LogP contribution is -2.34. The first-order valence-corrected chi connectivity index (χ1v) is 31.5. The molecule has 0 saturated heterocycles. The first kappa shape index (κ1) is 71.7. The summed E-state index contributed by atoms with van der Waals surface area (Å²) in [5, 5.41) is 12.0. The summed E-state index contributed by atoms with van der Waals surface area (Å²) in [5.74, 6) is -1.42. The number of amides is 3. The molecule has 506 valence electrons. The number of hydrogen-bond donors (Lipinski definition) is 2. The number of halogens is 10. The SMILES string of the molecule is CCOC(=O)c1cccc(CCl)c1.CCOC(=O)c1cccc(CN2C(=O)CCc3cc(-c4ccc(C(F)(F)F)cc4)ccc32)c1.O=C(O)c1cccc(CN2C(=O)CCc3cc(-c4ccc(C(F)(F)F)cc4)ccc32)c1.O=C1CCc2cc(-c3ccc(C(F)(F)F)cc3)ccc2N1. The Balaban J connectivity index is 0.000000160. The highest BCUT2D eigenvalue weighted by atomic mass is 35.5. The molecule has 0 aliphatic carbocycles. The molecule has 0 radical (unpaired) electrons. The Morgan fingerprint density at radius 3 is 1.16 bits per heavy atom. The third-order valence-electron chi connectivity index (χ3n) is 16.1. The van der Waals surface area contributed by atoms with Crippen LogP contribution in [0.15, 0.2) is 200 Å². The second-order valence-corrected chi connectivity index (χ2v) is 23.0. The molecule has 12 rings (SSSR count). The van der Waals surface area contributed by atoms with Gasteiger partial charge in [0.05, 0.1) is 59.7 Å². The van der Waals surface area contributed by atoms with E-state index in [1.54, 1.807) is 103 Å². The number of carbonyl (C=O) groups is 6. The van der Waals surface area contributed by atoms with Gasteiger partial charge in [-0.3, -0.25) is 14.4 Å². The summed E-state index contributed by atoms with van der Waals surface area (Å²) in [7, 11) is 0. The monoisotopic (exact) mass is 1370 g/mol. The van der Waals surface area contributed by atoms with Crippen molar-refractivity contribution < 1.29 is 82.9 Å². The van der Waals surface area contributed by atoms with Crippen LogP contribution in [0, 0.1) is 0 Å². The number of ether oxygens (including phenoxy) is 2. The Labute approximate surface area is 563 Å². The molecule has 3 heterocycles. The van der Waals surface area contributed by atoms with Crippen LogP contribution in [-0.2, 0) is 80.6 Å². The maximum atomic E-state index is 12.9. The van der Waals surface area contributed by atoms with Gasteiger partial charge >= 0.3 is 36.4 Å². The zero-order valence-electron chi connectivity index (χ0n) is 52.7. The van der Waals surface area contributed by atoms with Gasteiger partial charge in [0.1, 0.15) is 0 Å². The van der Waals surface area contributed by atoms with E-state index >= 15 is 0 Å². The van der Waals surface area contributed by atoms with Gasteiger partial charge in [0.25, 0.3) is 0 Å². The Kier molecular flexibility index (Phi) is 23.1. The highest BCUT2D eigenvalue weighted by molar-refractivity contribution is 6.17. The summed E-state index contributed by atoms with van der Waals surface area (Å²) in [4.78, 5) is 74.4. The van der Waals surface area contributed by atoms with Gasteiger partial charge in [-0.05, 0) is 209 Å². The first-order valence-electron chi connectivity index (χ1n) is 30.9. The Hall–Kier alpha value is -10.5. The molecule has 9 aromatic carbocycles. The molecular weight excluding hydrogens is 1310 g/mol. The summed E-state index contributed by atoms with van der Waals surface area (Å²) in [6.45, 7) is 4.74. The van der Waals surface area contributed by atoms with E-state index < -0.39 is 47.2 Å². The summed E-state index contributed by atoms with van der Waals surface area (Å²) >= 11 is 5.63. The number of aryl methyl sites for hydroxylation is 3. The maximum Gasteiger partial charge on any atom is 0.416 e. The first-order chi connectivity index (χ1) is 46.7. The average Bonchev–Trinajstić information content (AvgIpc) is 0.794. The number of esters is 2. The van der Waals surface area contributed by atoms with Crippen LogP contribution in [0.5, 0.6) is 0 Å². The molecule has 9 aromatic rings. The van der Waals surface area contributed by atoms with Gasteiger partial charge in [-0.15, -0.1) is 11.6 Å². The number of carboxylic acid groups (broad SMARTS) is 1. The number of benzene rings is 9. The zero-order chi connectivity index (χ0) is 70.5. The van der Waals surface area contributed by atoms with Gasteiger partial charge in [0, 0.05) is 42.2 Å². The van der Waals surface area contributed by atoms with Gasteiger partial charge in [0.2, 0.25) is 17.7 Å². The van der Waals surface area contributed by atoms with Gasteiger partial charge in [-0.25, -0.2) is 14.4 Å². The van der Waals surface area contributed by atoms with Crippen LogP contribution in [0.2, 0.25) is 0 Å². The van der Waals surface area contributed by atoms with Crippen LogP contribution >= 0.6 is 11.6 Å². The molecular formula is C76H63ClF9N3O9. The molecule has 0 fully saturated rings. The number of aromatic carboxylic acids is 1. The van der Waals surface area contributed by atoms with Crippen LogP contribution in [0.3, 0.4) is 0 Å². The van der Waals surface area contributed by atoms with E-state index in [0.29, 0.717) is 85.4 Å². The molecule has 0 unspecified atom stereocenters. The average molecular weight is 1370 g/mol. The predicted molar refractivity (Wildman–Crippen MR) is 354 cm³/mol. The van der Waals surface area contributed by atoms with Crippen LogP contribution < -0.4 is 15.1 Å². The fourth-order valence-corrected chi connectivity index (χ4v) is 11.3. The molecule has 2 N–H and O–H groups in total. The van der Waals surface area contributed by atoms with E-state index in [0.717, 1.165) is 104 Å². The summed E-state index contributed by atoms with van der Waals surface area (Å²) < 4.78 is 124. The standard InChI is InChI=1S/C26H22F3NO3.C24H18F3NO3.C16H12F3NO.C10H11ClO2/c1-2-33-25(32)21-5-3-4-17(14-21)16-30-23-12-8-19(15-20(23)9-13-24(30)31)18-6-10-22(11-7-18)26(27,28)29;25-24(26,27)20-8-4-16(5-9-20)17-6-10-21-18(13-17)7-11-22(29)28(21)14-15-2-1-3-19(12-15)23(30)31;17-16(18,19)13-5-1-10(2-6-13)11-3-7-14-12(9-11)4-8-15(21)20-14;1-2-13-10(12)9-5-3-4-8(6-9)7-11/h3-8,10-12,14-15H,2,9,13,16H2,1H3;1-6,8-10,12-13H,7,11,14H2,(H,30,31);1-3,5-7,9H,4,8H2,(H,20,21);3-6H,2,7H2,1H3. The number of nitrogens with one attached hydrogen (secondary N) is 1. The van der Waals surface area contributed by atoms with Crippen LogP contribution in [0.4, 0.5) is 56.6 Å². The van der Waals surface area contributed by atoms with Crippen molar-refractivity contribution in [2.24, 2.45) is 0 Å². The Bertz CT molecular complexity index is 4390. The van der Waals surface area contributed by atoms with Gasteiger partial charge in [-0.1, -0.05) is 91.0 Å². The lowest BCUT2D eigenvalue weighted by atomic mass is 9.95. The quantitative estimate of drug-likeness (QED) is 0.0651. The summed E-state index contributed by atoms with van der Waals surface area (Å²) in [5.41, 5.74) is 11.1. The van der Waals surface area contributed by atoms with Crippen molar-refractivity contribution in [2.45, 2.75) is 89.9 Å². The molecule has 0 spiro atoms. The minimum atomic E-state index is -4.38. The van der Waals surface area contributed by atoms with Crippen molar-refractivity contribution in [3.63, 3.8) is 0 Å². The van der Waals surface area contributed by atoms with Crippen molar-refractivity contribution in [2.75, 3.05) is 28.3 Å². The third-order valence-corrected chi connectivity index (χ3v) is 16.4. The zero-order valence-corrected chi connectivity index (χ0v) is 53.5. The minimum absolute atomic E-state index is 0.00946. The van der Waals surface area contributed by atoms with Crippen LogP contribution in [0.1, 0.15) is 114 Å². The third kappa shape index (κ3) is 18.5. The molecule has 22 heteroatoms. The molecule has 3 amide bonds. The number of carboxylic acids is 1. The fourth-order valence-electron chi connectivity index (χ4n) is 11.1. The van der Waals surface area contributed by atoms with Crippen molar-refractivity contribution in [1.29, 1.82) is 0 Å². The second kappa shape index (κ2) is 31.6. The number of carbonyl (C=O) groups excluding carboxylic acids is 5. The fraction of sp³-hybridized carbons (Fsp3) is 0.211. The number of nitrogens with zero attached hydrogens (tertiary/aromatic N) is 2. The lowest BCUT2D eigenvalue weighted by Gasteiger charge is -2.30. The number of hydrogen-bond acceptors (Lipinski definition) is 8. The van der Waals surface area contributed by atoms with E-state index in [1.165, 1.54) is 42.5 Å². The molecule has 0 atom stereocenters. The van der Waals surface area contributed by atoms with E-state index in [-0.39, 0.29) is 42.4 Å². The summed E-state index contributed by atoms with van der Waals surface area (Å²) in [6.07, 6.45) is -10.3. The minimum Gasteiger partial charge on any atom is -0.478 e. The normalized spacial score (nSPS) is 13.3. The maximum absolute atomic E-state index is 12.9. The van der Waals surface area contributed by atoms with Crippen LogP contribution in [0.25, 0.3) is 33.4 Å². The summed E-state index contributed by atoms with van der Waals surface area (Å²) in [6, 6.07) is 52.2. The topological polar surface area (TPSA) is 160 Å². The van der Waals surface area contributed by atoms with Crippen molar-refractivity contribution in [3.05, 3.63) is 267 Å². The van der Waals surface area contributed by atoms with Crippen molar-refractivity contribution in [3.8, 4) is 33.4 Å². The van der Waals surface area contributed by atoms with E-state index in [4.69, 9.17) is 21.1 Å². The molecule has 3 aliphatic heterocycles. The van der Waals surface area contributed by atoms with Crippen LogP contribution in [-0.4, -0.2) is 53.9 Å². The van der Waals surface area contributed by atoms with Crippen molar-refractivity contribution >= 4 is 64.3 Å². The largest absolute Gasteiger partial charge is 0.478 e. The Morgan fingerprint density at radius 2 is 0.776 bits per heavy atom. The van der Waals surface area contributed by atoms with Gasteiger partial charge < -0.3 is 29.7 Å². The molecule has 0 bridgehead atoms. The molecule has 12 nitrogen and oxygen atoms in total. The number of alkyl halides is 10. The van der Waals surface area contributed by atoms with E-state index in [2.05, 4.69) is 5.32 Å². The van der Waals surface area contributed by atoms with E-state index in [1.807, 2.05) is 42.5 Å². The van der Waals surface area contributed by atoms with E-state index in [9.17, 15) is 73.4 Å². The molecule has 0 aromatic heterocycles. The number of fused-ring (bicyclic) bond motifs is 3. The Morgan fingerprint density at radius 1 is 0.429 bits per heavy atom. The molecule has 0 saturated carbocycles. The van der Waals surface area contributed by atoms with Gasteiger partial charge in [-0.2, -0.15) is 39.5 Å². The van der Waals surface area contributed by atoms with Crippen molar-refractivity contribution in [1.82, 2.24) is 0 Å². The molecule has 98 heavy (non-hydrogen) atoms. The highest BCUT2D eigenvalue weighted by Crippen LogP contribution is 2.39. The molecule has 3 aliphatic rings.